The topological polar surface area (TPSA) is 83.4 Å². The van der Waals surface area contributed by atoms with Crippen molar-refractivity contribution in [1.82, 2.24) is 10.2 Å². The molecule has 11 heteroatoms. The van der Waals surface area contributed by atoms with Crippen molar-refractivity contribution in [3.8, 4) is 0 Å². The largest absolute Gasteiger partial charge is 0.503 e. The molecular formula is C22H14ClN3O3S4. The number of aromatic nitrogens is 2. The molecule has 1 N–H and O–H groups in total. The number of anilines is 1. The van der Waals surface area contributed by atoms with Crippen molar-refractivity contribution >= 4 is 74.2 Å². The lowest BCUT2D eigenvalue weighted by atomic mass is 10.0. The number of hydrogen-bond acceptors (Lipinski definition) is 9. The van der Waals surface area contributed by atoms with Gasteiger partial charge in [0.05, 0.1) is 10.5 Å². The average Bonchev–Trinajstić information content (AvgIpc) is 3.62. The number of nitrogens with zero attached hydrogens (tertiary/aromatic N) is 3. The van der Waals surface area contributed by atoms with Crippen molar-refractivity contribution in [1.29, 1.82) is 0 Å². The van der Waals surface area contributed by atoms with Gasteiger partial charge < -0.3 is 5.11 Å². The lowest BCUT2D eigenvalue weighted by Gasteiger charge is -2.22. The number of halogens is 1. The first kappa shape index (κ1) is 22.3. The molecule has 166 valence electrons. The predicted octanol–water partition coefficient (Wildman–Crippen LogP) is 6.39. The summed E-state index contributed by atoms with van der Waals surface area (Å²) in [6.45, 7) is 0. The van der Waals surface area contributed by atoms with Gasteiger partial charge in [0.1, 0.15) is 6.04 Å². The van der Waals surface area contributed by atoms with Crippen LogP contribution in [-0.4, -0.2) is 27.0 Å². The molecule has 0 radical (unpaired) electrons. The summed E-state index contributed by atoms with van der Waals surface area (Å²) >= 11 is 11.4. The van der Waals surface area contributed by atoms with Crippen molar-refractivity contribution < 1.29 is 14.7 Å². The van der Waals surface area contributed by atoms with E-state index >= 15 is 0 Å². The van der Waals surface area contributed by atoms with E-state index in [2.05, 4.69) is 10.2 Å². The van der Waals surface area contributed by atoms with Gasteiger partial charge in [0.25, 0.3) is 5.91 Å². The third-order valence-electron chi connectivity index (χ3n) is 4.89. The van der Waals surface area contributed by atoms with Crippen molar-refractivity contribution in [3.05, 3.63) is 91.0 Å². The van der Waals surface area contributed by atoms with Crippen LogP contribution in [0.5, 0.6) is 0 Å². The summed E-state index contributed by atoms with van der Waals surface area (Å²) < 4.78 is 0.676. The fourth-order valence-electron chi connectivity index (χ4n) is 3.37. The van der Waals surface area contributed by atoms with Crippen LogP contribution in [0.3, 0.4) is 0 Å². The number of rotatable bonds is 7. The summed E-state index contributed by atoms with van der Waals surface area (Å²) in [4.78, 5) is 28.9. The number of hydrogen-bond donors (Lipinski definition) is 1. The van der Waals surface area contributed by atoms with Crippen LogP contribution in [0.25, 0.3) is 0 Å². The lowest BCUT2D eigenvalue weighted by molar-refractivity contribution is -0.117. The maximum atomic E-state index is 13.2. The Balaban J connectivity index is 1.44. The molecule has 0 spiro atoms. The second kappa shape index (κ2) is 9.40. The number of aliphatic hydroxyl groups is 1. The standard InChI is InChI=1S/C22H14ClN3O3S4/c23-13-7-5-12(6-8-13)11-32-22-25-24-21(33-22)26-17(14-3-1-9-30-14)16(19(28)20(26)29)18(27)15-4-2-10-31-15/h1-10,17,28H,11H2. The van der Waals surface area contributed by atoms with Crippen LogP contribution in [0, 0.1) is 0 Å². The van der Waals surface area contributed by atoms with Gasteiger partial charge in [-0.3, -0.25) is 14.5 Å². The Morgan fingerprint density at radius 2 is 1.85 bits per heavy atom. The van der Waals surface area contributed by atoms with Crippen LogP contribution in [0.1, 0.15) is 26.2 Å². The molecule has 1 amide bonds. The van der Waals surface area contributed by atoms with E-state index in [1.807, 2.05) is 41.8 Å². The number of carbonyl (C=O) groups excluding carboxylic acids is 2. The molecule has 1 aromatic carbocycles. The molecule has 6 nitrogen and oxygen atoms in total. The number of ketones is 1. The van der Waals surface area contributed by atoms with Gasteiger partial charge >= 0.3 is 0 Å². The van der Waals surface area contributed by atoms with E-state index < -0.39 is 17.7 Å². The van der Waals surface area contributed by atoms with Gasteiger partial charge in [-0.15, -0.1) is 32.9 Å². The van der Waals surface area contributed by atoms with E-state index in [1.54, 1.807) is 17.5 Å². The summed E-state index contributed by atoms with van der Waals surface area (Å²) in [6.07, 6.45) is 0. The molecule has 1 unspecified atom stereocenters. The quantitative estimate of drug-likeness (QED) is 0.169. The molecule has 0 aliphatic carbocycles. The number of Topliss-reactive ketones (excluding diaryl/α,β-unsaturated/α-hetero) is 1. The molecule has 0 fully saturated rings. The molecule has 4 aromatic rings. The summed E-state index contributed by atoms with van der Waals surface area (Å²) in [5, 5.41) is 23.8. The van der Waals surface area contributed by atoms with E-state index in [9.17, 15) is 14.7 Å². The smallest absolute Gasteiger partial charge is 0.296 e. The molecule has 4 heterocycles. The Labute approximate surface area is 210 Å². The van der Waals surface area contributed by atoms with Crippen LogP contribution < -0.4 is 4.90 Å². The molecule has 1 aliphatic rings. The minimum absolute atomic E-state index is 0.0652. The zero-order valence-electron chi connectivity index (χ0n) is 16.7. The van der Waals surface area contributed by atoms with Gasteiger partial charge in [0, 0.05) is 15.7 Å². The van der Waals surface area contributed by atoms with Gasteiger partial charge in [0.15, 0.2) is 10.1 Å². The van der Waals surface area contributed by atoms with Gasteiger partial charge in [0.2, 0.25) is 10.9 Å². The number of carbonyl (C=O) groups is 2. The van der Waals surface area contributed by atoms with Crippen molar-refractivity contribution in [3.63, 3.8) is 0 Å². The van der Waals surface area contributed by atoms with Crippen LogP contribution in [-0.2, 0) is 10.5 Å². The maximum Gasteiger partial charge on any atom is 0.296 e. The summed E-state index contributed by atoms with van der Waals surface area (Å²) in [5.41, 5.74) is 1.15. The van der Waals surface area contributed by atoms with E-state index in [-0.39, 0.29) is 11.4 Å². The van der Waals surface area contributed by atoms with Crippen LogP contribution >= 0.6 is 57.4 Å². The zero-order chi connectivity index (χ0) is 22.9. The Morgan fingerprint density at radius 3 is 2.55 bits per heavy atom. The second-order valence-electron chi connectivity index (χ2n) is 6.93. The van der Waals surface area contributed by atoms with Crippen molar-refractivity contribution in [2.24, 2.45) is 0 Å². The summed E-state index contributed by atoms with van der Waals surface area (Å²) in [6, 6.07) is 13.9. The van der Waals surface area contributed by atoms with E-state index in [1.165, 1.54) is 50.7 Å². The number of amides is 1. The van der Waals surface area contributed by atoms with Crippen molar-refractivity contribution in [2.45, 2.75) is 16.1 Å². The molecule has 0 bridgehead atoms. The minimum atomic E-state index is -0.755. The lowest BCUT2D eigenvalue weighted by Crippen LogP contribution is -2.30. The first-order valence-electron chi connectivity index (χ1n) is 9.62. The Bertz CT molecular complexity index is 1330. The molecule has 3 aromatic heterocycles. The van der Waals surface area contributed by atoms with E-state index in [0.717, 1.165) is 10.4 Å². The van der Waals surface area contributed by atoms with E-state index in [0.29, 0.717) is 25.1 Å². The van der Waals surface area contributed by atoms with Crippen LogP contribution in [0.4, 0.5) is 5.13 Å². The first-order valence-corrected chi connectivity index (χ1v) is 13.6. The monoisotopic (exact) mass is 531 g/mol. The van der Waals surface area contributed by atoms with Gasteiger partial charge in [-0.05, 0) is 40.6 Å². The Kier molecular flexibility index (Phi) is 6.35. The predicted molar refractivity (Wildman–Crippen MR) is 134 cm³/mol. The molecule has 0 saturated heterocycles. The third-order valence-corrected chi connectivity index (χ3v) is 9.06. The summed E-state index contributed by atoms with van der Waals surface area (Å²) in [7, 11) is 0. The minimum Gasteiger partial charge on any atom is -0.503 e. The van der Waals surface area contributed by atoms with Crippen molar-refractivity contribution in [2.75, 3.05) is 4.90 Å². The highest BCUT2D eigenvalue weighted by atomic mass is 35.5. The Hall–Kier alpha value is -2.50. The highest BCUT2D eigenvalue weighted by Crippen LogP contribution is 2.45. The number of aliphatic hydroxyl groups excluding tert-OH is 1. The first-order chi connectivity index (χ1) is 16.0. The fourth-order valence-corrected chi connectivity index (χ4v) is 6.83. The molecule has 33 heavy (non-hydrogen) atoms. The molecule has 1 atom stereocenters. The summed E-state index contributed by atoms with van der Waals surface area (Å²) in [5.74, 6) is -0.894. The number of thioether (sulfide) groups is 1. The van der Waals surface area contributed by atoms with Gasteiger partial charge in [-0.1, -0.05) is 59.0 Å². The van der Waals surface area contributed by atoms with Crippen LogP contribution in [0.2, 0.25) is 5.02 Å². The number of thiophene rings is 2. The normalized spacial score (nSPS) is 16.1. The second-order valence-corrected chi connectivity index (χ2v) is 11.5. The highest BCUT2D eigenvalue weighted by Gasteiger charge is 2.46. The fraction of sp³-hybridized carbons (Fsp3) is 0.0909. The average molecular weight is 532 g/mol. The third kappa shape index (κ3) is 4.36. The molecule has 1 aliphatic heterocycles. The highest BCUT2D eigenvalue weighted by molar-refractivity contribution is 8.00. The SMILES string of the molecule is O=C(C1=C(O)C(=O)N(c2nnc(SCc3ccc(Cl)cc3)s2)C1c1cccs1)c1cccs1. The van der Waals surface area contributed by atoms with Gasteiger partial charge in [-0.2, -0.15) is 0 Å². The van der Waals surface area contributed by atoms with E-state index in [4.69, 9.17) is 11.6 Å². The molecule has 5 rings (SSSR count). The zero-order valence-corrected chi connectivity index (χ0v) is 20.7. The Morgan fingerprint density at radius 1 is 1.09 bits per heavy atom. The van der Waals surface area contributed by atoms with Gasteiger partial charge in [-0.25, -0.2) is 0 Å². The van der Waals surface area contributed by atoms with Crippen LogP contribution in [0.15, 0.2) is 75.0 Å². The number of benzene rings is 1. The molecular weight excluding hydrogens is 518 g/mol. The molecule has 0 saturated carbocycles. The maximum absolute atomic E-state index is 13.2.